The van der Waals surface area contributed by atoms with Gasteiger partial charge in [0.1, 0.15) is 0 Å². The number of nitrogens with zero attached hydrogens (tertiary/aromatic N) is 2. The quantitative estimate of drug-likeness (QED) is 0.907. The van der Waals surface area contributed by atoms with Gasteiger partial charge in [0.15, 0.2) is 0 Å². The van der Waals surface area contributed by atoms with Crippen molar-refractivity contribution in [3.05, 3.63) is 34.7 Å². The van der Waals surface area contributed by atoms with Crippen LogP contribution in [-0.4, -0.2) is 23.8 Å². The summed E-state index contributed by atoms with van der Waals surface area (Å²) in [5, 5.41) is 11.8. The van der Waals surface area contributed by atoms with E-state index in [1.165, 1.54) is 0 Å². The minimum absolute atomic E-state index is 0.547. The van der Waals surface area contributed by atoms with Crippen LogP contribution in [-0.2, 0) is 6.42 Å². The van der Waals surface area contributed by atoms with Crippen LogP contribution in [0.3, 0.4) is 0 Å². The molecule has 1 aromatic heterocycles. The highest BCUT2D eigenvalue weighted by Gasteiger charge is 2.10. The molecule has 0 aliphatic rings. The molecule has 0 saturated carbocycles. The largest absolute Gasteiger partial charge is 0.421 e. The maximum Gasteiger partial charge on any atom is 0.248 e. The van der Waals surface area contributed by atoms with Gasteiger partial charge in [0.05, 0.1) is 0 Å². The molecule has 0 aliphatic carbocycles. The normalized spacial score (nSPS) is 10.8. The summed E-state index contributed by atoms with van der Waals surface area (Å²) in [5.41, 5.74) is 1.96. The Kier molecular flexibility index (Phi) is 3.76. The zero-order valence-corrected chi connectivity index (χ0v) is 10.6. The van der Waals surface area contributed by atoms with E-state index in [1.807, 2.05) is 32.2 Å². The third-order valence-corrected chi connectivity index (χ3v) is 2.71. The van der Waals surface area contributed by atoms with Crippen molar-refractivity contribution < 1.29 is 4.42 Å². The lowest BCUT2D eigenvalue weighted by Crippen LogP contribution is -2.10. The maximum absolute atomic E-state index is 5.90. The first-order chi connectivity index (χ1) is 8.20. The third kappa shape index (κ3) is 2.84. The number of nitrogens with one attached hydrogen (secondary N) is 1. The first-order valence-electron chi connectivity index (χ1n) is 5.44. The average molecular weight is 252 g/mol. The Labute approximate surface area is 105 Å². The van der Waals surface area contributed by atoms with Gasteiger partial charge in [-0.25, -0.2) is 0 Å². The first-order valence-corrected chi connectivity index (χ1v) is 5.82. The topological polar surface area (TPSA) is 51.0 Å². The second-order valence-electron chi connectivity index (χ2n) is 3.81. The van der Waals surface area contributed by atoms with E-state index in [-0.39, 0.29) is 0 Å². The van der Waals surface area contributed by atoms with Crippen LogP contribution in [0, 0.1) is 6.92 Å². The van der Waals surface area contributed by atoms with E-state index < -0.39 is 0 Å². The van der Waals surface area contributed by atoms with Crippen LogP contribution in [0.25, 0.3) is 11.5 Å². The zero-order chi connectivity index (χ0) is 12.3. The maximum atomic E-state index is 5.90. The van der Waals surface area contributed by atoms with Crippen LogP contribution in [0.5, 0.6) is 0 Å². The van der Waals surface area contributed by atoms with Gasteiger partial charge in [0.25, 0.3) is 0 Å². The molecule has 0 amide bonds. The highest BCUT2D eigenvalue weighted by atomic mass is 35.5. The van der Waals surface area contributed by atoms with Gasteiger partial charge in [-0.15, -0.1) is 10.2 Å². The minimum Gasteiger partial charge on any atom is -0.421 e. The number of hydrogen-bond acceptors (Lipinski definition) is 4. The lowest BCUT2D eigenvalue weighted by atomic mass is 10.1. The predicted molar refractivity (Wildman–Crippen MR) is 67.1 cm³/mol. The van der Waals surface area contributed by atoms with Crippen LogP contribution in [0.4, 0.5) is 0 Å². The van der Waals surface area contributed by atoms with Crippen molar-refractivity contribution in [2.75, 3.05) is 13.6 Å². The van der Waals surface area contributed by atoms with Crippen molar-refractivity contribution >= 4 is 11.6 Å². The molecule has 0 saturated heterocycles. The summed E-state index contributed by atoms with van der Waals surface area (Å²) in [6.45, 7) is 2.79. The van der Waals surface area contributed by atoms with Crippen molar-refractivity contribution in [2.24, 2.45) is 0 Å². The highest BCUT2D eigenvalue weighted by Crippen LogP contribution is 2.24. The van der Waals surface area contributed by atoms with E-state index in [1.54, 1.807) is 0 Å². The molecule has 2 aromatic rings. The molecule has 0 bridgehead atoms. The SMILES string of the molecule is CNCCc1nnc(-c2ccc(Cl)cc2C)o1. The average Bonchev–Trinajstić information content (AvgIpc) is 2.75. The zero-order valence-electron chi connectivity index (χ0n) is 9.83. The molecule has 0 radical (unpaired) electrons. The molecule has 0 aliphatic heterocycles. The standard InChI is InChI=1S/C12H14ClN3O/c1-8-7-9(13)3-4-10(8)12-16-15-11(17-12)5-6-14-2/h3-4,7,14H,5-6H2,1-2H3. The van der Waals surface area contributed by atoms with Crippen molar-refractivity contribution in [3.8, 4) is 11.5 Å². The van der Waals surface area contributed by atoms with Crippen LogP contribution >= 0.6 is 11.6 Å². The second-order valence-corrected chi connectivity index (χ2v) is 4.25. The smallest absolute Gasteiger partial charge is 0.248 e. The molecule has 2 rings (SSSR count). The highest BCUT2D eigenvalue weighted by molar-refractivity contribution is 6.30. The number of hydrogen-bond donors (Lipinski definition) is 1. The van der Waals surface area contributed by atoms with Crippen molar-refractivity contribution in [3.63, 3.8) is 0 Å². The number of aryl methyl sites for hydroxylation is 1. The molecule has 0 spiro atoms. The second kappa shape index (κ2) is 5.29. The number of likely N-dealkylation sites (N-methyl/N-ethyl adjacent to an activating group) is 1. The van der Waals surface area contributed by atoms with E-state index in [0.717, 1.165) is 24.1 Å². The third-order valence-electron chi connectivity index (χ3n) is 2.47. The molecule has 1 heterocycles. The Morgan fingerprint density at radius 2 is 2.18 bits per heavy atom. The molecule has 0 atom stereocenters. The van der Waals surface area contributed by atoms with Crippen LogP contribution in [0.15, 0.2) is 22.6 Å². The van der Waals surface area contributed by atoms with Crippen LogP contribution in [0.2, 0.25) is 5.02 Å². The Bertz CT molecular complexity index is 510. The fourth-order valence-corrected chi connectivity index (χ4v) is 1.79. The summed E-state index contributed by atoms with van der Waals surface area (Å²) < 4.78 is 5.59. The van der Waals surface area contributed by atoms with E-state index in [4.69, 9.17) is 16.0 Å². The fourth-order valence-electron chi connectivity index (χ4n) is 1.56. The Morgan fingerprint density at radius 3 is 2.88 bits per heavy atom. The molecule has 0 fully saturated rings. The van der Waals surface area contributed by atoms with E-state index in [2.05, 4.69) is 15.5 Å². The van der Waals surface area contributed by atoms with E-state index in [0.29, 0.717) is 16.8 Å². The van der Waals surface area contributed by atoms with Crippen LogP contribution in [0.1, 0.15) is 11.5 Å². The summed E-state index contributed by atoms with van der Waals surface area (Å²) in [5.74, 6) is 1.19. The van der Waals surface area contributed by atoms with Gasteiger partial charge in [-0.05, 0) is 37.7 Å². The van der Waals surface area contributed by atoms with Gasteiger partial charge in [0.2, 0.25) is 11.8 Å². The summed E-state index contributed by atoms with van der Waals surface area (Å²) in [6, 6.07) is 5.60. The molecule has 0 unspecified atom stereocenters. The van der Waals surface area contributed by atoms with E-state index in [9.17, 15) is 0 Å². The summed E-state index contributed by atoms with van der Waals surface area (Å²) in [6.07, 6.45) is 0.732. The van der Waals surface area contributed by atoms with Gasteiger partial charge in [-0.1, -0.05) is 11.6 Å². The lowest BCUT2D eigenvalue weighted by Gasteiger charge is -2.00. The van der Waals surface area contributed by atoms with Gasteiger partial charge in [-0.3, -0.25) is 0 Å². The first kappa shape index (κ1) is 12.1. The summed E-state index contributed by atoms with van der Waals surface area (Å²) in [4.78, 5) is 0. The molecular formula is C12H14ClN3O. The van der Waals surface area contributed by atoms with Gasteiger partial charge in [0, 0.05) is 23.6 Å². The molecule has 5 heteroatoms. The number of rotatable bonds is 4. The monoisotopic (exact) mass is 251 g/mol. The molecule has 17 heavy (non-hydrogen) atoms. The molecular weight excluding hydrogens is 238 g/mol. The summed E-state index contributed by atoms with van der Waals surface area (Å²) in [7, 11) is 1.89. The molecule has 90 valence electrons. The summed E-state index contributed by atoms with van der Waals surface area (Å²) >= 11 is 5.90. The number of benzene rings is 1. The Balaban J connectivity index is 2.24. The number of halogens is 1. The van der Waals surface area contributed by atoms with E-state index >= 15 is 0 Å². The lowest BCUT2D eigenvalue weighted by molar-refractivity contribution is 0.500. The van der Waals surface area contributed by atoms with Gasteiger partial charge >= 0.3 is 0 Å². The molecule has 1 N–H and O–H groups in total. The predicted octanol–water partition coefficient (Wildman–Crippen LogP) is 2.46. The Morgan fingerprint density at radius 1 is 1.35 bits per heavy atom. The minimum atomic E-state index is 0.547. The molecule has 4 nitrogen and oxygen atoms in total. The fraction of sp³-hybridized carbons (Fsp3) is 0.333. The van der Waals surface area contributed by atoms with Crippen LogP contribution < -0.4 is 5.32 Å². The molecule has 1 aromatic carbocycles. The van der Waals surface area contributed by atoms with Crippen molar-refractivity contribution in [1.82, 2.24) is 15.5 Å². The van der Waals surface area contributed by atoms with Crippen molar-refractivity contribution in [1.29, 1.82) is 0 Å². The van der Waals surface area contributed by atoms with Gasteiger partial charge < -0.3 is 9.73 Å². The number of aromatic nitrogens is 2. The van der Waals surface area contributed by atoms with Gasteiger partial charge in [-0.2, -0.15) is 0 Å². The van der Waals surface area contributed by atoms with Crippen molar-refractivity contribution in [2.45, 2.75) is 13.3 Å². The Hall–Kier alpha value is -1.39.